The average Bonchev–Trinajstić information content (AvgIpc) is 3.25. The smallest absolute Gasteiger partial charge is 0.271 e. The lowest BCUT2D eigenvalue weighted by Gasteiger charge is -2.27. The van der Waals surface area contributed by atoms with Gasteiger partial charge in [0.2, 0.25) is 5.91 Å². The minimum Gasteiger partial charge on any atom is -0.349 e. The van der Waals surface area contributed by atoms with Crippen LogP contribution < -0.4 is 5.32 Å². The normalized spacial score (nSPS) is 11.1. The zero-order valence-corrected chi connectivity index (χ0v) is 15.6. The summed E-state index contributed by atoms with van der Waals surface area (Å²) in [4.78, 5) is 30.8. The van der Waals surface area contributed by atoms with Gasteiger partial charge in [0, 0.05) is 31.0 Å². The predicted octanol–water partition coefficient (Wildman–Crippen LogP) is 1.13. The summed E-state index contributed by atoms with van der Waals surface area (Å²) in [5.41, 5.74) is 2.73. The Labute approximate surface area is 156 Å². The Morgan fingerprint density at radius 3 is 2.89 bits per heavy atom. The molecule has 0 aliphatic rings. The van der Waals surface area contributed by atoms with Crippen LogP contribution in [0, 0.1) is 6.92 Å². The molecule has 0 bridgehead atoms. The molecule has 3 aromatic rings. The number of hydrogen-bond donors (Lipinski definition) is 2. The summed E-state index contributed by atoms with van der Waals surface area (Å²) < 4.78 is 1.64. The first-order valence-corrected chi connectivity index (χ1v) is 8.82. The van der Waals surface area contributed by atoms with Crippen molar-refractivity contribution in [1.29, 1.82) is 0 Å². The topological polar surface area (TPSA) is 109 Å². The summed E-state index contributed by atoms with van der Waals surface area (Å²) in [5, 5.41) is 13.7. The largest absolute Gasteiger partial charge is 0.349 e. The third-order valence-electron chi connectivity index (χ3n) is 4.22. The van der Waals surface area contributed by atoms with Crippen molar-refractivity contribution in [2.75, 3.05) is 13.1 Å². The number of hydrogen-bond acceptors (Lipinski definition) is 5. The lowest BCUT2D eigenvalue weighted by molar-refractivity contribution is -0.133. The Kier molecular flexibility index (Phi) is 5.49. The highest BCUT2D eigenvalue weighted by atomic mass is 16.2. The first-order chi connectivity index (χ1) is 13.0. The number of carbonyl (C=O) groups is 2. The van der Waals surface area contributed by atoms with E-state index in [1.807, 2.05) is 32.9 Å². The van der Waals surface area contributed by atoms with E-state index in [1.54, 1.807) is 28.0 Å². The first-order valence-electron chi connectivity index (χ1n) is 8.82. The predicted molar refractivity (Wildman–Crippen MR) is 100 cm³/mol. The Morgan fingerprint density at radius 2 is 2.19 bits per heavy atom. The standard InChI is InChI=1S/C18H23N7O2/c1-12(2)24(8-7-20-18(27)14-9-13(3)22-23-14)17(26)11-25-16-5-4-6-19-15(16)10-21-25/h4-6,9-10,12H,7-8,11H2,1-3H3,(H,20,27)(H,22,23). The molecule has 0 atom stereocenters. The molecule has 0 radical (unpaired) electrons. The second kappa shape index (κ2) is 7.98. The van der Waals surface area contributed by atoms with E-state index in [0.29, 0.717) is 18.8 Å². The molecular formula is C18H23N7O2. The van der Waals surface area contributed by atoms with Crippen LogP contribution in [0.3, 0.4) is 0 Å². The van der Waals surface area contributed by atoms with Gasteiger partial charge in [0.25, 0.3) is 5.91 Å². The highest BCUT2D eigenvalue weighted by Gasteiger charge is 2.19. The van der Waals surface area contributed by atoms with Gasteiger partial charge in [0.05, 0.1) is 11.7 Å². The van der Waals surface area contributed by atoms with Gasteiger partial charge in [-0.05, 0) is 39.0 Å². The van der Waals surface area contributed by atoms with Gasteiger partial charge < -0.3 is 10.2 Å². The molecule has 0 saturated heterocycles. The molecule has 3 heterocycles. The number of carbonyl (C=O) groups excluding carboxylic acids is 2. The van der Waals surface area contributed by atoms with Crippen molar-refractivity contribution in [1.82, 2.24) is 35.2 Å². The fourth-order valence-electron chi connectivity index (χ4n) is 2.84. The number of nitrogens with zero attached hydrogens (tertiary/aromatic N) is 5. The van der Waals surface area contributed by atoms with Crippen molar-refractivity contribution in [2.24, 2.45) is 0 Å². The number of aryl methyl sites for hydroxylation is 1. The van der Waals surface area contributed by atoms with Gasteiger partial charge in [0.15, 0.2) is 0 Å². The van der Waals surface area contributed by atoms with Crippen LogP contribution >= 0.6 is 0 Å². The molecule has 3 rings (SSSR count). The van der Waals surface area contributed by atoms with E-state index in [1.165, 1.54) is 0 Å². The Morgan fingerprint density at radius 1 is 1.37 bits per heavy atom. The number of fused-ring (bicyclic) bond motifs is 1. The van der Waals surface area contributed by atoms with Gasteiger partial charge in [-0.3, -0.25) is 24.4 Å². The molecule has 0 unspecified atom stereocenters. The minimum absolute atomic E-state index is 0.00183. The number of aromatic nitrogens is 5. The van der Waals surface area contributed by atoms with Crippen LogP contribution in [0.1, 0.15) is 30.0 Å². The Balaban J connectivity index is 1.59. The van der Waals surface area contributed by atoms with Crippen molar-refractivity contribution in [3.8, 4) is 0 Å². The number of rotatable bonds is 7. The molecule has 27 heavy (non-hydrogen) atoms. The third-order valence-corrected chi connectivity index (χ3v) is 4.22. The second-order valence-electron chi connectivity index (χ2n) is 6.58. The van der Waals surface area contributed by atoms with Gasteiger partial charge in [-0.1, -0.05) is 0 Å². The van der Waals surface area contributed by atoms with Crippen LogP contribution in [0.5, 0.6) is 0 Å². The van der Waals surface area contributed by atoms with E-state index in [4.69, 9.17) is 0 Å². The number of nitrogens with one attached hydrogen (secondary N) is 2. The summed E-state index contributed by atoms with van der Waals surface area (Å²) in [6, 6.07) is 5.38. The van der Waals surface area contributed by atoms with E-state index in [9.17, 15) is 9.59 Å². The summed E-state index contributed by atoms with van der Waals surface area (Å²) >= 11 is 0. The molecule has 9 heteroatoms. The van der Waals surface area contributed by atoms with Crippen LogP contribution in [-0.4, -0.2) is 60.8 Å². The number of pyridine rings is 1. The molecule has 2 amide bonds. The van der Waals surface area contributed by atoms with Crippen molar-refractivity contribution in [3.05, 3.63) is 42.0 Å². The maximum absolute atomic E-state index is 12.8. The van der Waals surface area contributed by atoms with Gasteiger partial charge in [-0.15, -0.1) is 0 Å². The maximum atomic E-state index is 12.8. The second-order valence-corrected chi connectivity index (χ2v) is 6.58. The van der Waals surface area contributed by atoms with E-state index < -0.39 is 0 Å². The maximum Gasteiger partial charge on any atom is 0.271 e. The van der Waals surface area contributed by atoms with Gasteiger partial charge >= 0.3 is 0 Å². The van der Waals surface area contributed by atoms with Crippen LogP contribution in [0.2, 0.25) is 0 Å². The van der Waals surface area contributed by atoms with Crippen molar-refractivity contribution in [3.63, 3.8) is 0 Å². The van der Waals surface area contributed by atoms with E-state index in [0.717, 1.165) is 16.7 Å². The summed E-state index contributed by atoms with van der Waals surface area (Å²) in [6.07, 6.45) is 3.34. The number of H-pyrrole nitrogens is 1. The van der Waals surface area contributed by atoms with Crippen LogP contribution in [0.25, 0.3) is 11.0 Å². The van der Waals surface area contributed by atoms with Crippen LogP contribution in [0.4, 0.5) is 0 Å². The molecule has 9 nitrogen and oxygen atoms in total. The summed E-state index contributed by atoms with van der Waals surface area (Å²) in [7, 11) is 0. The molecule has 0 aromatic carbocycles. The van der Waals surface area contributed by atoms with E-state index >= 15 is 0 Å². The average molecular weight is 369 g/mol. The SMILES string of the molecule is Cc1cc(C(=O)NCCN(C(=O)Cn2ncc3ncccc32)C(C)C)n[nH]1. The Hall–Kier alpha value is -3.23. The molecule has 2 N–H and O–H groups in total. The van der Waals surface area contributed by atoms with Gasteiger partial charge in [0.1, 0.15) is 17.8 Å². The monoisotopic (exact) mass is 369 g/mol. The van der Waals surface area contributed by atoms with Crippen LogP contribution in [0.15, 0.2) is 30.6 Å². The molecule has 142 valence electrons. The zero-order chi connectivity index (χ0) is 19.4. The highest BCUT2D eigenvalue weighted by molar-refractivity contribution is 5.92. The fourth-order valence-corrected chi connectivity index (χ4v) is 2.84. The molecule has 0 aliphatic heterocycles. The minimum atomic E-state index is -0.264. The van der Waals surface area contributed by atoms with Crippen molar-refractivity contribution >= 4 is 22.8 Å². The number of amides is 2. The van der Waals surface area contributed by atoms with E-state index in [2.05, 4.69) is 25.6 Å². The first kappa shape index (κ1) is 18.6. The quantitative estimate of drug-likeness (QED) is 0.649. The molecule has 3 aromatic heterocycles. The fraction of sp³-hybridized carbons (Fsp3) is 0.389. The third kappa shape index (κ3) is 4.30. The molecule has 0 spiro atoms. The number of aromatic amines is 1. The highest BCUT2D eigenvalue weighted by Crippen LogP contribution is 2.10. The van der Waals surface area contributed by atoms with E-state index in [-0.39, 0.29) is 24.4 Å². The van der Waals surface area contributed by atoms with Crippen molar-refractivity contribution < 1.29 is 9.59 Å². The summed E-state index contributed by atoms with van der Waals surface area (Å²) in [6.45, 7) is 6.59. The van der Waals surface area contributed by atoms with Crippen LogP contribution in [-0.2, 0) is 11.3 Å². The van der Waals surface area contributed by atoms with Gasteiger partial charge in [-0.2, -0.15) is 10.2 Å². The Bertz CT molecular complexity index is 944. The van der Waals surface area contributed by atoms with Gasteiger partial charge in [-0.25, -0.2) is 0 Å². The molecule has 0 saturated carbocycles. The molecular weight excluding hydrogens is 346 g/mol. The molecule has 0 fully saturated rings. The van der Waals surface area contributed by atoms with Crippen molar-refractivity contribution in [2.45, 2.75) is 33.4 Å². The lowest BCUT2D eigenvalue weighted by Crippen LogP contribution is -2.44. The summed E-state index contributed by atoms with van der Waals surface area (Å²) in [5.74, 6) is -0.330. The lowest BCUT2D eigenvalue weighted by atomic mass is 10.3. The zero-order valence-electron chi connectivity index (χ0n) is 15.6. The molecule has 0 aliphatic carbocycles.